The number of aliphatic hydroxyl groups excluding tert-OH is 4. The fourth-order valence-corrected chi connectivity index (χ4v) is 3.36. The van der Waals surface area contributed by atoms with E-state index in [1.54, 1.807) is 11.7 Å². The minimum Gasteiger partial charge on any atom is -0.491 e. The van der Waals surface area contributed by atoms with Gasteiger partial charge in [-0.2, -0.15) is 0 Å². The predicted molar refractivity (Wildman–Crippen MR) is 107 cm³/mol. The summed E-state index contributed by atoms with van der Waals surface area (Å²) in [7, 11) is 1.78. The first kappa shape index (κ1) is 22.5. The van der Waals surface area contributed by atoms with Crippen LogP contribution in [0.3, 0.4) is 0 Å². The van der Waals surface area contributed by atoms with E-state index in [4.69, 9.17) is 14.2 Å². The van der Waals surface area contributed by atoms with Gasteiger partial charge < -0.3 is 34.6 Å². The Labute approximate surface area is 175 Å². The molecule has 1 aromatic carbocycles. The molecule has 0 spiro atoms. The number of hydrogen-bond donors (Lipinski definition) is 4. The third-order valence-electron chi connectivity index (χ3n) is 5.17. The minimum absolute atomic E-state index is 0.0926. The average molecular weight is 422 g/mol. The molecule has 166 valence electrons. The summed E-state index contributed by atoms with van der Waals surface area (Å²) in [6.07, 6.45) is -6.16. The number of ether oxygens (including phenoxy) is 3. The molecule has 0 amide bonds. The van der Waals surface area contributed by atoms with Crippen molar-refractivity contribution in [1.29, 1.82) is 0 Å². The molecule has 0 bridgehead atoms. The number of rotatable bonds is 7. The van der Waals surface area contributed by atoms with Gasteiger partial charge >= 0.3 is 0 Å². The lowest BCUT2D eigenvalue weighted by atomic mass is 9.99. The van der Waals surface area contributed by atoms with Gasteiger partial charge in [0.25, 0.3) is 0 Å². The topological polar surface area (TPSA) is 126 Å². The molecule has 2 aromatic rings. The Hall–Kier alpha value is -2.17. The van der Waals surface area contributed by atoms with Gasteiger partial charge in [0.15, 0.2) is 0 Å². The summed E-state index contributed by atoms with van der Waals surface area (Å²) in [4.78, 5) is 0. The van der Waals surface area contributed by atoms with E-state index in [1.807, 2.05) is 45.0 Å². The number of aromatic nitrogens is 2. The third kappa shape index (κ3) is 4.76. The van der Waals surface area contributed by atoms with Crippen molar-refractivity contribution in [3.05, 3.63) is 41.1 Å². The van der Waals surface area contributed by atoms with Crippen LogP contribution in [0.25, 0.3) is 0 Å². The Kier molecular flexibility index (Phi) is 6.99. The average Bonchev–Trinajstić information content (AvgIpc) is 2.97. The Morgan fingerprint density at radius 3 is 2.37 bits per heavy atom. The zero-order valence-corrected chi connectivity index (χ0v) is 17.6. The molecule has 0 aliphatic carbocycles. The third-order valence-corrected chi connectivity index (χ3v) is 5.17. The zero-order chi connectivity index (χ0) is 22.0. The highest BCUT2D eigenvalue weighted by atomic mass is 16.7. The Morgan fingerprint density at radius 2 is 1.77 bits per heavy atom. The van der Waals surface area contributed by atoms with Gasteiger partial charge in [-0.3, -0.25) is 4.68 Å². The molecule has 1 aliphatic heterocycles. The summed E-state index contributed by atoms with van der Waals surface area (Å²) in [6, 6.07) is 7.72. The molecule has 4 N–H and O–H groups in total. The maximum Gasteiger partial charge on any atom is 0.239 e. The fraction of sp³-hybridized carbons (Fsp3) is 0.571. The van der Waals surface area contributed by atoms with Gasteiger partial charge in [0.1, 0.15) is 30.2 Å². The SMILES string of the molecule is Cc1c(Cc2ccc(OC(C)C)cc2)c(O[C@@H]2O[C@H](CO)[C@@H](O)[C@H](O)[C@H]2O)nn1C. The molecule has 0 unspecified atom stereocenters. The second kappa shape index (κ2) is 9.32. The number of aryl methyl sites for hydroxylation is 1. The van der Waals surface area contributed by atoms with E-state index in [0.29, 0.717) is 6.42 Å². The van der Waals surface area contributed by atoms with Crippen LogP contribution in [0.5, 0.6) is 11.6 Å². The van der Waals surface area contributed by atoms with E-state index < -0.39 is 37.3 Å². The summed E-state index contributed by atoms with van der Waals surface area (Å²) < 4.78 is 18.6. The monoisotopic (exact) mass is 422 g/mol. The van der Waals surface area contributed by atoms with E-state index >= 15 is 0 Å². The molecule has 3 rings (SSSR count). The summed E-state index contributed by atoms with van der Waals surface area (Å²) >= 11 is 0. The summed E-state index contributed by atoms with van der Waals surface area (Å²) in [5.41, 5.74) is 2.69. The molecule has 1 fully saturated rings. The molecular formula is C21H30N2O7. The van der Waals surface area contributed by atoms with Crippen LogP contribution in [0.4, 0.5) is 0 Å². The molecule has 2 heterocycles. The van der Waals surface area contributed by atoms with Gasteiger partial charge in [-0.05, 0) is 38.5 Å². The second-order valence-corrected chi connectivity index (χ2v) is 7.80. The van der Waals surface area contributed by atoms with Crippen LogP contribution < -0.4 is 9.47 Å². The first-order valence-corrected chi connectivity index (χ1v) is 9.96. The highest BCUT2D eigenvalue weighted by Crippen LogP contribution is 2.29. The fourth-order valence-electron chi connectivity index (χ4n) is 3.36. The largest absolute Gasteiger partial charge is 0.491 e. The molecule has 0 radical (unpaired) electrons. The molecule has 1 saturated heterocycles. The number of benzene rings is 1. The van der Waals surface area contributed by atoms with Crippen LogP contribution in [0.1, 0.15) is 30.7 Å². The van der Waals surface area contributed by atoms with Crippen molar-refractivity contribution in [2.24, 2.45) is 7.05 Å². The molecular weight excluding hydrogens is 392 g/mol. The first-order valence-electron chi connectivity index (χ1n) is 9.96. The van der Waals surface area contributed by atoms with Gasteiger partial charge in [0.2, 0.25) is 12.2 Å². The van der Waals surface area contributed by atoms with Crippen LogP contribution in [-0.2, 0) is 18.2 Å². The second-order valence-electron chi connectivity index (χ2n) is 7.80. The lowest BCUT2D eigenvalue weighted by Gasteiger charge is -2.39. The van der Waals surface area contributed by atoms with E-state index in [0.717, 1.165) is 22.6 Å². The molecule has 1 aliphatic rings. The van der Waals surface area contributed by atoms with Crippen molar-refractivity contribution < 1.29 is 34.6 Å². The highest BCUT2D eigenvalue weighted by molar-refractivity contribution is 5.38. The van der Waals surface area contributed by atoms with Crippen LogP contribution in [0, 0.1) is 6.92 Å². The van der Waals surface area contributed by atoms with Crippen molar-refractivity contribution in [1.82, 2.24) is 9.78 Å². The quantitative estimate of drug-likeness (QED) is 0.501. The van der Waals surface area contributed by atoms with Gasteiger partial charge in [-0.25, -0.2) is 0 Å². The van der Waals surface area contributed by atoms with Crippen molar-refractivity contribution >= 4 is 0 Å². The number of nitrogens with zero attached hydrogens (tertiary/aromatic N) is 2. The van der Waals surface area contributed by atoms with Gasteiger partial charge in [-0.15, -0.1) is 5.10 Å². The van der Waals surface area contributed by atoms with Crippen molar-refractivity contribution in [3.63, 3.8) is 0 Å². The minimum atomic E-state index is -1.51. The summed E-state index contributed by atoms with van der Waals surface area (Å²) in [5, 5.41) is 43.9. The number of hydrogen-bond acceptors (Lipinski definition) is 8. The molecule has 9 nitrogen and oxygen atoms in total. The smallest absolute Gasteiger partial charge is 0.239 e. The number of aliphatic hydroxyl groups is 4. The maximum atomic E-state index is 10.3. The standard InChI is InChI=1S/C21H30N2O7/c1-11(2)28-14-7-5-13(6-8-14)9-15-12(3)23(4)22-20(15)30-21-19(27)18(26)17(25)16(10-24)29-21/h5-8,11,16-19,21,24-27H,9-10H2,1-4H3/t16-,17-,18+,19-,21+/m1/s1. The Bertz CT molecular complexity index is 835. The predicted octanol–water partition coefficient (Wildman–Crippen LogP) is 0.285. The van der Waals surface area contributed by atoms with E-state index in [2.05, 4.69) is 5.10 Å². The Morgan fingerprint density at radius 1 is 1.10 bits per heavy atom. The van der Waals surface area contributed by atoms with E-state index in [9.17, 15) is 20.4 Å². The molecule has 9 heteroatoms. The first-order chi connectivity index (χ1) is 14.2. The normalized spacial score (nSPS) is 26.8. The molecule has 0 saturated carbocycles. The van der Waals surface area contributed by atoms with Crippen LogP contribution >= 0.6 is 0 Å². The zero-order valence-electron chi connectivity index (χ0n) is 17.6. The van der Waals surface area contributed by atoms with Crippen molar-refractivity contribution in [2.75, 3.05) is 6.61 Å². The van der Waals surface area contributed by atoms with Crippen LogP contribution in [0.15, 0.2) is 24.3 Å². The van der Waals surface area contributed by atoms with Crippen molar-refractivity contribution in [3.8, 4) is 11.6 Å². The highest BCUT2D eigenvalue weighted by Gasteiger charge is 2.45. The van der Waals surface area contributed by atoms with E-state index in [1.165, 1.54) is 0 Å². The maximum absolute atomic E-state index is 10.3. The molecule has 30 heavy (non-hydrogen) atoms. The van der Waals surface area contributed by atoms with Gasteiger partial charge in [-0.1, -0.05) is 12.1 Å². The van der Waals surface area contributed by atoms with Crippen LogP contribution in [-0.4, -0.2) is 73.6 Å². The summed E-state index contributed by atoms with van der Waals surface area (Å²) in [5.74, 6) is 1.04. The van der Waals surface area contributed by atoms with E-state index in [-0.39, 0.29) is 12.0 Å². The van der Waals surface area contributed by atoms with Gasteiger partial charge in [0, 0.05) is 24.7 Å². The lowest BCUT2D eigenvalue weighted by molar-refractivity contribution is -0.278. The molecule has 1 aromatic heterocycles. The Balaban J connectivity index is 1.79. The van der Waals surface area contributed by atoms with Crippen molar-refractivity contribution in [2.45, 2.75) is 64.0 Å². The van der Waals surface area contributed by atoms with Crippen LogP contribution in [0.2, 0.25) is 0 Å². The van der Waals surface area contributed by atoms with Gasteiger partial charge in [0.05, 0.1) is 12.7 Å². The lowest BCUT2D eigenvalue weighted by Crippen LogP contribution is -2.60. The summed E-state index contributed by atoms with van der Waals surface area (Å²) in [6.45, 7) is 5.31. The molecule has 5 atom stereocenters.